The summed E-state index contributed by atoms with van der Waals surface area (Å²) < 4.78 is 38.4. The predicted molar refractivity (Wildman–Crippen MR) is 164 cm³/mol. The fourth-order valence-corrected chi connectivity index (χ4v) is 6.64. The number of nitrogens with one attached hydrogen (secondary N) is 1. The van der Waals surface area contributed by atoms with Crippen molar-refractivity contribution in [1.29, 1.82) is 0 Å². The van der Waals surface area contributed by atoms with E-state index in [0.29, 0.717) is 25.2 Å². The number of halogens is 4. The van der Waals surface area contributed by atoms with Gasteiger partial charge in [0.05, 0.1) is 5.02 Å². The van der Waals surface area contributed by atoms with Gasteiger partial charge in [0.25, 0.3) is 0 Å². The molecule has 9 heteroatoms. The highest BCUT2D eigenvalue weighted by atomic mass is 35.5. The zero-order valence-electron chi connectivity index (χ0n) is 24.4. The number of carbonyl (C=O) groups is 1. The van der Waals surface area contributed by atoms with Crippen LogP contribution >= 0.6 is 23.4 Å². The molecule has 0 aromatic heterocycles. The summed E-state index contributed by atoms with van der Waals surface area (Å²) in [7, 11) is 0. The summed E-state index contributed by atoms with van der Waals surface area (Å²) in [6.07, 6.45) is 6.53. The van der Waals surface area contributed by atoms with E-state index in [4.69, 9.17) is 11.6 Å². The molecular weight excluding hydrogens is 567 g/mol. The number of anilines is 1. The van der Waals surface area contributed by atoms with Gasteiger partial charge in [0.2, 0.25) is 5.91 Å². The third-order valence-electron chi connectivity index (χ3n) is 8.29. The molecule has 41 heavy (non-hydrogen) atoms. The van der Waals surface area contributed by atoms with E-state index in [1.165, 1.54) is 36.1 Å². The molecule has 0 aliphatic carbocycles. The highest BCUT2D eigenvalue weighted by molar-refractivity contribution is 8.00. The minimum atomic E-state index is -4.39. The molecule has 4 rings (SSSR count). The summed E-state index contributed by atoms with van der Waals surface area (Å²) >= 11 is 5.74. The van der Waals surface area contributed by atoms with E-state index in [9.17, 15) is 18.0 Å². The molecule has 2 aliphatic rings. The number of piperidine rings is 2. The Labute approximate surface area is 252 Å². The first kappa shape index (κ1) is 32.0. The van der Waals surface area contributed by atoms with Gasteiger partial charge in [-0.15, -0.1) is 0 Å². The molecule has 4 nitrogen and oxygen atoms in total. The van der Waals surface area contributed by atoms with E-state index in [1.807, 2.05) is 4.90 Å². The summed E-state index contributed by atoms with van der Waals surface area (Å²) in [6.45, 7) is 11.2. The number of nitrogens with zero attached hydrogens (tertiary/aromatic N) is 2. The van der Waals surface area contributed by atoms with E-state index in [0.717, 1.165) is 51.2 Å². The van der Waals surface area contributed by atoms with Gasteiger partial charge in [0, 0.05) is 36.1 Å². The molecule has 0 radical (unpaired) electrons. The molecule has 1 amide bonds. The van der Waals surface area contributed by atoms with Gasteiger partial charge >= 0.3 is 5.51 Å². The van der Waals surface area contributed by atoms with Crippen LogP contribution in [-0.4, -0.2) is 60.0 Å². The Hall–Kier alpha value is -1.90. The van der Waals surface area contributed by atoms with Gasteiger partial charge in [-0.25, -0.2) is 0 Å². The molecule has 0 unspecified atom stereocenters. The van der Waals surface area contributed by atoms with Crippen LogP contribution < -0.4 is 5.32 Å². The number of alkyl halides is 3. The van der Waals surface area contributed by atoms with Crippen molar-refractivity contribution >= 4 is 35.0 Å². The first-order valence-corrected chi connectivity index (χ1v) is 16.0. The Balaban J connectivity index is 1.11. The van der Waals surface area contributed by atoms with Crippen LogP contribution in [0.4, 0.5) is 18.9 Å². The lowest BCUT2D eigenvalue weighted by molar-refractivity contribution is -0.132. The predicted octanol–water partition coefficient (Wildman–Crippen LogP) is 8.39. The average molecular weight is 610 g/mol. The molecule has 2 fully saturated rings. The van der Waals surface area contributed by atoms with Gasteiger partial charge in [-0.3, -0.25) is 4.79 Å². The maximum Gasteiger partial charge on any atom is 0.446 e. The second kappa shape index (κ2) is 14.0. The Morgan fingerprint density at radius 2 is 1.63 bits per heavy atom. The highest BCUT2D eigenvalue weighted by Crippen LogP contribution is 2.41. The number of benzene rings is 2. The van der Waals surface area contributed by atoms with Crippen LogP contribution in [0.2, 0.25) is 5.02 Å². The smallest absolute Gasteiger partial charge is 0.382 e. The molecule has 0 atom stereocenters. The fraction of sp³-hybridized carbons (Fsp3) is 0.594. The standard InChI is InChI=1S/C32H43ClF3N3OS/c1-31(2,3)25-8-6-23(7-9-25)21-24-12-17-38(18-13-24)16-4-5-30(40)39-19-14-26(15-20-39)37-27-10-11-28(33)29(22-27)41-32(34,35)36/h6-11,22,24,26,37H,4-5,12-21H2,1-3H3. The van der Waals surface area contributed by atoms with Crippen LogP contribution in [-0.2, 0) is 16.6 Å². The van der Waals surface area contributed by atoms with E-state index in [1.54, 1.807) is 6.07 Å². The number of hydrogen-bond acceptors (Lipinski definition) is 4. The summed E-state index contributed by atoms with van der Waals surface area (Å²) in [4.78, 5) is 17.2. The third-order valence-corrected chi connectivity index (χ3v) is 9.52. The van der Waals surface area contributed by atoms with Crippen LogP contribution in [0, 0.1) is 5.92 Å². The third kappa shape index (κ3) is 10.1. The molecule has 0 bridgehead atoms. The van der Waals surface area contributed by atoms with Gasteiger partial charge in [0.15, 0.2) is 0 Å². The zero-order chi connectivity index (χ0) is 29.6. The Kier molecular flexibility index (Phi) is 11.0. The van der Waals surface area contributed by atoms with Crippen molar-refractivity contribution in [2.24, 2.45) is 5.92 Å². The van der Waals surface area contributed by atoms with Crippen molar-refractivity contribution in [2.45, 2.75) is 87.6 Å². The highest BCUT2D eigenvalue weighted by Gasteiger charge is 2.31. The lowest BCUT2D eigenvalue weighted by atomic mass is 9.85. The zero-order valence-corrected chi connectivity index (χ0v) is 26.0. The molecule has 0 saturated carbocycles. The van der Waals surface area contributed by atoms with Crippen LogP contribution in [0.25, 0.3) is 0 Å². The second-order valence-electron chi connectivity index (χ2n) is 12.5. The summed E-state index contributed by atoms with van der Waals surface area (Å²) in [5.74, 6) is 0.929. The summed E-state index contributed by atoms with van der Waals surface area (Å²) in [6, 6.07) is 13.9. The number of amides is 1. The SMILES string of the molecule is CC(C)(C)c1ccc(CC2CCN(CCCC(=O)N3CCC(Nc4ccc(Cl)c(SC(F)(F)F)c4)CC3)CC2)cc1. The molecular formula is C32H43ClF3N3OS. The minimum Gasteiger partial charge on any atom is -0.382 e. The van der Waals surface area contributed by atoms with Crippen molar-refractivity contribution in [3.8, 4) is 0 Å². The van der Waals surface area contributed by atoms with Crippen LogP contribution in [0.5, 0.6) is 0 Å². The average Bonchev–Trinajstić information content (AvgIpc) is 2.91. The molecule has 2 saturated heterocycles. The molecule has 226 valence electrons. The molecule has 2 heterocycles. The molecule has 1 N–H and O–H groups in total. The van der Waals surface area contributed by atoms with Crippen LogP contribution in [0.1, 0.15) is 70.4 Å². The quantitative estimate of drug-likeness (QED) is 0.290. The first-order valence-electron chi connectivity index (χ1n) is 14.8. The van der Waals surface area contributed by atoms with Gasteiger partial charge < -0.3 is 15.1 Å². The van der Waals surface area contributed by atoms with Crippen molar-refractivity contribution in [3.63, 3.8) is 0 Å². The van der Waals surface area contributed by atoms with Crippen molar-refractivity contribution in [2.75, 3.05) is 38.0 Å². The van der Waals surface area contributed by atoms with Crippen LogP contribution in [0.3, 0.4) is 0 Å². The lowest BCUT2D eigenvalue weighted by Crippen LogP contribution is -2.42. The maximum absolute atomic E-state index is 12.8. The number of likely N-dealkylation sites (tertiary alicyclic amines) is 2. The fourth-order valence-electron chi connectivity index (χ4n) is 5.81. The molecule has 2 aromatic carbocycles. The van der Waals surface area contributed by atoms with Crippen molar-refractivity contribution in [1.82, 2.24) is 9.80 Å². The number of hydrogen-bond donors (Lipinski definition) is 1. The topological polar surface area (TPSA) is 35.6 Å². The summed E-state index contributed by atoms with van der Waals surface area (Å²) in [5, 5.41) is 3.41. The normalized spacial score (nSPS) is 18.1. The maximum atomic E-state index is 12.8. The molecule has 0 spiro atoms. The minimum absolute atomic E-state index is 0.00749. The van der Waals surface area contributed by atoms with Gasteiger partial charge in [-0.2, -0.15) is 13.2 Å². The Morgan fingerprint density at radius 1 is 0.976 bits per heavy atom. The Morgan fingerprint density at radius 3 is 2.24 bits per heavy atom. The van der Waals surface area contributed by atoms with E-state index >= 15 is 0 Å². The van der Waals surface area contributed by atoms with Gasteiger partial charge in [-0.1, -0.05) is 56.6 Å². The van der Waals surface area contributed by atoms with Gasteiger partial charge in [-0.05, 0) is 111 Å². The second-order valence-corrected chi connectivity index (χ2v) is 14.0. The van der Waals surface area contributed by atoms with Crippen LogP contribution in [0.15, 0.2) is 47.4 Å². The van der Waals surface area contributed by atoms with E-state index in [2.05, 4.69) is 55.3 Å². The summed E-state index contributed by atoms with van der Waals surface area (Å²) in [5.41, 5.74) is -0.770. The molecule has 2 aliphatic heterocycles. The van der Waals surface area contributed by atoms with Crippen molar-refractivity contribution in [3.05, 3.63) is 58.6 Å². The Bertz CT molecular complexity index is 1140. The molecule has 2 aromatic rings. The van der Waals surface area contributed by atoms with E-state index < -0.39 is 5.51 Å². The monoisotopic (exact) mass is 609 g/mol. The number of rotatable bonds is 9. The first-order chi connectivity index (χ1) is 19.4. The lowest BCUT2D eigenvalue weighted by Gasteiger charge is -2.34. The largest absolute Gasteiger partial charge is 0.446 e. The number of thioether (sulfide) groups is 1. The van der Waals surface area contributed by atoms with Crippen molar-refractivity contribution < 1.29 is 18.0 Å². The van der Waals surface area contributed by atoms with Gasteiger partial charge in [0.1, 0.15) is 0 Å². The van der Waals surface area contributed by atoms with E-state index in [-0.39, 0.29) is 39.0 Å². The number of carbonyl (C=O) groups excluding carboxylic acids is 1.